The topological polar surface area (TPSA) is 167 Å². The van der Waals surface area contributed by atoms with Crippen molar-refractivity contribution in [2.45, 2.75) is 101 Å². The smallest absolute Gasteiger partial charge is 0.410 e. The maximum Gasteiger partial charge on any atom is 0.410 e. The molecule has 2 aliphatic carbocycles. The maximum atomic E-state index is 14.8. The fraction of sp³-hybridized carbons (Fsp3) is 0.547. The average molecular weight is 945 g/mol. The minimum Gasteiger partial charge on any atom is -0.489 e. The number of rotatable bonds is 27. The molecule has 3 aromatic carbocycles. The van der Waals surface area contributed by atoms with E-state index in [0.717, 1.165) is 55.2 Å². The van der Waals surface area contributed by atoms with Crippen LogP contribution < -0.4 is 9.47 Å². The van der Waals surface area contributed by atoms with Crippen molar-refractivity contribution >= 4 is 11.8 Å². The lowest BCUT2D eigenvalue weighted by Gasteiger charge is -2.59. The van der Waals surface area contributed by atoms with Crippen molar-refractivity contribution in [3.63, 3.8) is 0 Å². The summed E-state index contributed by atoms with van der Waals surface area (Å²) in [7, 11) is 0. The van der Waals surface area contributed by atoms with Crippen LogP contribution in [-0.4, -0.2) is 116 Å². The number of allylic oxidation sites excluding steroid dienone is 1. The standard InChI is InChI=1S/C53H69FN2O12/c1-2-27-66-53-48(56(23-29-61-30-26-59)52(60)64-32-31-62-36-38-14-4-3-5-15-38)35-46(55-68-49-20-10-13-28-63-49)43-33-39(16-8-11-24-57)42(18-9-12-25-58)50(51(43)53)44-34-41(21-22-47(44)67-53)65-37-40-17-6-7-19-45(40)54/h2-7,14-15,17,19,21-22,33-34,39,42,48-51,57-59H,1,8-13,16,18,20,23-32,35-37H2/t39-,42+,48-,49?,50+,51+,53+/m0/s1. The van der Waals surface area contributed by atoms with Gasteiger partial charge in [0.25, 0.3) is 0 Å². The molecule has 15 heteroatoms. The molecule has 0 radical (unpaired) electrons. The van der Waals surface area contributed by atoms with Crippen molar-refractivity contribution in [1.29, 1.82) is 0 Å². The zero-order valence-corrected chi connectivity index (χ0v) is 39.1. The summed E-state index contributed by atoms with van der Waals surface area (Å²) in [6.45, 7) is 5.23. The van der Waals surface area contributed by atoms with Crippen LogP contribution in [0.15, 0.2) is 102 Å². The van der Waals surface area contributed by atoms with E-state index in [1.807, 2.05) is 42.5 Å². The van der Waals surface area contributed by atoms with E-state index < -0.39 is 30.1 Å². The van der Waals surface area contributed by atoms with Crippen molar-refractivity contribution in [3.8, 4) is 11.5 Å². The van der Waals surface area contributed by atoms with Crippen LogP contribution in [0, 0.1) is 23.6 Å². The molecule has 0 bridgehead atoms. The Hall–Kier alpha value is -4.87. The summed E-state index contributed by atoms with van der Waals surface area (Å²) in [5.41, 5.74) is 3.74. The number of aliphatic hydroxyl groups is 3. The molecule has 14 nitrogen and oxygen atoms in total. The van der Waals surface area contributed by atoms with Gasteiger partial charge in [0.2, 0.25) is 12.1 Å². The van der Waals surface area contributed by atoms with Gasteiger partial charge in [-0.2, -0.15) is 0 Å². The number of benzene rings is 3. The number of oxime groups is 1. The SMILES string of the molecule is C=CCO[C@@]12Oc3ccc(OCc4ccccc4F)cc3[C@H]3[C@H](CCCCO)[C@@H](CCCCO)C=C(C(=NOC4CCCCO4)C[C@@H]1N(CCOCCO)C(=O)OCCOCc1ccccc1)[C@H]32. The number of hydrogen-bond acceptors (Lipinski definition) is 13. The molecule has 7 rings (SSSR count). The minimum absolute atomic E-state index is 0.000877. The summed E-state index contributed by atoms with van der Waals surface area (Å²) >= 11 is 0. The van der Waals surface area contributed by atoms with Gasteiger partial charge in [0.05, 0.1) is 57.9 Å². The van der Waals surface area contributed by atoms with Crippen LogP contribution >= 0.6 is 0 Å². The van der Waals surface area contributed by atoms with Gasteiger partial charge in [-0.1, -0.05) is 78.7 Å². The zero-order chi connectivity index (χ0) is 47.6. The Kier molecular flexibility index (Phi) is 19.6. The molecular weight excluding hydrogens is 876 g/mol. The van der Waals surface area contributed by atoms with Crippen molar-refractivity contribution in [2.75, 3.05) is 66.0 Å². The van der Waals surface area contributed by atoms with Crippen LogP contribution in [0.5, 0.6) is 11.5 Å². The Labute approximate surface area is 399 Å². The first-order valence-corrected chi connectivity index (χ1v) is 24.4. The number of aliphatic hydroxyl groups excluding tert-OH is 3. The first-order valence-electron chi connectivity index (χ1n) is 24.4. The second kappa shape index (κ2) is 26.2. The molecule has 68 heavy (non-hydrogen) atoms. The summed E-state index contributed by atoms with van der Waals surface area (Å²) < 4.78 is 59.3. The Morgan fingerprint density at radius 3 is 2.47 bits per heavy atom. The Bertz CT molecular complexity index is 2100. The predicted octanol–water partition coefficient (Wildman–Crippen LogP) is 8.23. The van der Waals surface area contributed by atoms with E-state index in [-0.39, 0.29) is 96.0 Å². The highest BCUT2D eigenvalue weighted by atomic mass is 19.1. The normalized spacial score (nSPS) is 24.5. The molecule has 1 amide bonds. The summed E-state index contributed by atoms with van der Waals surface area (Å²) in [5.74, 6) is -1.82. The molecule has 1 unspecified atom stereocenters. The Balaban J connectivity index is 1.35. The summed E-state index contributed by atoms with van der Waals surface area (Å²) in [6.07, 6.45) is 9.67. The lowest BCUT2D eigenvalue weighted by atomic mass is 9.55. The predicted molar refractivity (Wildman–Crippen MR) is 252 cm³/mol. The van der Waals surface area contributed by atoms with Crippen molar-refractivity contribution in [3.05, 3.63) is 120 Å². The summed E-state index contributed by atoms with van der Waals surface area (Å²) in [5, 5.41) is 34.5. The van der Waals surface area contributed by atoms with E-state index in [1.54, 1.807) is 35.2 Å². The number of amides is 1. The molecule has 2 fully saturated rings. The number of hydrogen-bond donors (Lipinski definition) is 3. The van der Waals surface area contributed by atoms with Gasteiger partial charge in [-0.25, -0.2) is 9.18 Å². The second-order valence-electron chi connectivity index (χ2n) is 17.7. The fourth-order valence-corrected chi connectivity index (χ4v) is 10.2. The molecule has 370 valence electrons. The molecule has 4 aliphatic rings. The van der Waals surface area contributed by atoms with Gasteiger partial charge in [0.15, 0.2) is 0 Å². The van der Waals surface area contributed by atoms with Gasteiger partial charge in [0, 0.05) is 49.6 Å². The molecule has 3 aromatic rings. The van der Waals surface area contributed by atoms with Gasteiger partial charge in [0.1, 0.15) is 36.6 Å². The lowest BCUT2D eigenvalue weighted by Crippen LogP contribution is -2.70. The molecule has 2 aliphatic heterocycles. The molecule has 0 spiro atoms. The zero-order valence-electron chi connectivity index (χ0n) is 39.1. The van der Waals surface area contributed by atoms with E-state index in [9.17, 15) is 24.5 Å². The van der Waals surface area contributed by atoms with Crippen molar-refractivity contribution in [2.24, 2.45) is 22.9 Å². The van der Waals surface area contributed by atoms with Crippen molar-refractivity contribution < 1.29 is 62.5 Å². The second-order valence-corrected chi connectivity index (χ2v) is 17.7. The molecule has 1 saturated carbocycles. The Morgan fingerprint density at radius 1 is 0.897 bits per heavy atom. The van der Waals surface area contributed by atoms with E-state index in [1.165, 1.54) is 6.07 Å². The first-order chi connectivity index (χ1) is 33.4. The van der Waals surface area contributed by atoms with Gasteiger partial charge >= 0.3 is 6.09 Å². The third kappa shape index (κ3) is 12.9. The number of carbonyl (C=O) groups excluding carboxylic acids is 1. The lowest BCUT2D eigenvalue weighted by molar-refractivity contribution is -0.256. The molecule has 0 aromatic heterocycles. The Morgan fingerprint density at radius 2 is 1.71 bits per heavy atom. The van der Waals surface area contributed by atoms with Crippen LogP contribution in [0.25, 0.3) is 0 Å². The molecule has 1 saturated heterocycles. The first kappa shape index (κ1) is 51.0. The molecule has 3 N–H and O–H groups in total. The van der Waals surface area contributed by atoms with E-state index in [4.69, 9.17) is 43.2 Å². The summed E-state index contributed by atoms with van der Waals surface area (Å²) in [4.78, 5) is 22.6. The third-order valence-corrected chi connectivity index (χ3v) is 13.3. The fourth-order valence-electron chi connectivity index (χ4n) is 10.2. The quantitative estimate of drug-likeness (QED) is 0.0381. The van der Waals surface area contributed by atoms with Gasteiger partial charge in [-0.15, -0.1) is 6.58 Å². The number of nitrogens with zero attached hydrogens (tertiary/aromatic N) is 2. The number of carbonyl (C=O) groups is 1. The highest BCUT2D eigenvalue weighted by Crippen LogP contribution is 2.62. The third-order valence-electron chi connectivity index (χ3n) is 13.3. The monoisotopic (exact) mass is 944 g/mol. The van der Waals surface area contributed by atoms with Gasteiger partial charge < -0.3 is 53.3 Å². The van der Waals surface area contributed by atoms with E-state index >= 15 is 0 Å². The van der Waals surface area contributed by atoms with E-state index in [0.29, 0.717) is 55.3 Å². The highest BCUT2D eigenvalue weighted by molar-refractivity contribution is 6.03. The number of halogens is 1. The van der Waals surface area contributed by atoms with Crippen LogP contribution in [0.1, 0.15) is 86.8 Å². The highest BCUT2D eigenvalue weighted by Gasteiger charge is 2.65. The summed E-state index contributed by atoms with van der Waals surface area (Å²) in [6, 6.07) is 21.0. The van der Waals surface area contributed by atoms with Gasteiger partial charge in [-0.05, 0) is 85.8 Å². The number of fused-ring (bicyclic) bond motifs is 2. The van der Waals surface area contributed by atoms with Crippen LogP contribution in [-0.2, 0) is 41.7 Å². The van der Waals surface area contributed by atoms with Crippen LogP contribution in [0.2, 0.25) is 0 Å². The average Bonchev–Trinajstić information content (AvgIpc) is 3.36. The van der Waals surface area contributed by atoms with Gasteiger partial charge in [-0.3, -0.25) is 4.90 Å². The van der Waals surface area contributed by atoms with Crippen LogP contribution in [0.3, 0.4) is 0 Å². The molecular formula is C53H69FN2O12. The van der Waals surface area contributed by atoms with E-state index in [2.05, 4.69) is 12.7 Å². The van der Waals surface area contributed by atoms with Crippen molar-refractivity contribution in [1.82, 2.24) is 4.90 Å². The molecule has 7 atom stereocenters. The molecule has 2 heterocycles. The van der Waals surface area contributed by atoms with Crippen LogP contribution in [0.4, 0.5) is 9.18 Å². The number of unbranched alkanes of at least 4 members (excludes halogenated alkanes) is 2. The number of ether oxygens (including phenoxy) is 7. The minimum atomic E-state index is -1.56. The maximum absolute atomic E-state index is 14.8. The largest absolute Gasteiger partial charge is 0.489 e.